The maximum Gasteiger partial charge on any atom is 0.170 e. The van der Waals surface area contributed by atoms with Crippen molar-refractivity contribution in [3.63, 3.8) is 0 Å². The lowest BCUT2D eigenvalue weighted by Gasteiger charge is -2.32. The molecule has 65 heavy (non-hydrogen) atoms. The molecule has 5 heterocycles. The molecule has 0 amide bonds. The minimum absolute atomic E-state index is 0.291. The average Bonchev–Trinajstić information content (AvgIpc) is 4.08. The zero-order valence-corrected chi connectivity index (χ0v) is 36.4. The lowest BCUT2D eigenvalue weighted by atomic mass is 9.87. The summed E-state index contributed by atoms with van der Waals surface area (Å²) in [5.74, 6) is 5.22. The predicted octanol–water partition coefficient (Wildman–Crippen LogP) is 12.6. The van der Waals surface area contributed by atoms with Crippen molar-refractivity contribution in [1.29, 1.82) is 0 Å². The molecule has 8 bridgehead atoms. The molecule has 2 unspecified atom stereocenters. The van der Waals surface area contributed by atoms with Crippen molar-refractivity contribution in [2.45, 2.75) is 50.4 Å². The molecule has 1 fully saturated rings. The molecule has 8 nitrogen and oxygen atoms in total. The Bertz CT molecular complexity index is 3660. The highest BCUT2D eigenvalue weighted by Crippen LogP contribution is 2.42. The summed E-state index contributed by atoms with van der Waals surface area (Å²) in [7, 11) is 0. The molecule has 14 rings (SSSR count). The van der Waals surface area contributed by atoms with Gasteiger partial charge in [-0.05, 0) is 122 Å². The van der Waals surface area contributed by atoms with Gasteiger partial charge in [-0.25, -0.2) is 39.3 Å². The molecule has 0 spiro atoms. The number of hydrogen-bond acceptors (Lipinski definition) is 9. The van der Waals surface area contributed by atoms with Crippen LogP contribution in [-0.4, -0.2) is 50.4 Å². The molecule has 0 radical (unpaired) electrons. The number of benzene rings is 8. The van der Waals surface area contributed by atoms with Gasteiger partial charge in [0.1, 0.15) is 0 Å². The second-order valence-corrected chi connectivity index (χ2v) is 19.3. The Morgan fingerprint density at radius 1 is 0.415 bits per heavy atom. The second kappa shape index (κ2) is 14.3. The zero-order valence-electron chi connectivity index (χ0n) is 35.6. The zero-order chi connectivity index (χ0) is 42.8. The number of hydrogen-bond donors (Lipinski definition) is 0. The van der Waals surface area contributed by atoms with Crippen LogP contribution in [0.4, 0.5) is 0 Å². The number of rotatable bonds is 3. The van der Waals surface area contributed by atoms with E-state index in [0.717, 1.165) is 99.3 Å². The van der Waals surface area contributed by atoms with Gasteiger partial charge in [-0.3, -0.25) is 0 Å². The van der Waals surface area contributed by atoms with Gasteiger partial charge in [-0.2, -0.15) is 0 Å². The molecular formula is C56H40N8S. The molecule has 0 N–H and O–H groups in total. The van der Waals surface area contributed by atoms with Crippen molar-refractivity contribution in [3.8, 4) is 0 Å². The van der Waals surface area contributed by atoms with Crippen LogP contribution in [0.1, 0.15) is 89.7 Å². The average molecular weight is 857 g/mol. The van der Waals surface area contributed by atoms with E-state index in [9.17, 15) is 0 Å². The van der Waals surface area contributed by atoms with Gasteiger partial charge < -0.3 is 0 Å². The first-order chi connectivity index (χ1) is 32.1. The summed E-state index contributed by atoms with van der Waals surface area (Å²) in [4.78, 5) is 38.3. The third kappa shape index (κ3) is 5.95. The van der Waals surface area contributed by atoms with Crippen LogP contribution >= 0.6 is 11.9 Å². The van der Waals surface area contributed by atoms with E-state index in [0.29, 0.717) is 40.3 Å². The fraction of sp³-hybridized carbons (Fsp3) is 0.161. The smallest absolute Gasteiger partial charge is 0.170 e. The van der Waals surface area contributed by atoms with E-state index in [1.54, 1.807) is 0 Å². The van der Waals surface area contributed by atoms with Gasteiger partial charge in [0.25, 0.3) is 0 Å². The van der Waals surface area contributed by atoms with Crippen molar-refractivity contribution in [1.82, 2.24) is 4.31 Å². The molecule has 0 saturated heterocycles. The van der Waals surface area contributed by atoms with E-state index in [1.807, 2.05) is 11.9 Å². The highest BCUT2D eigenvalue weighted by molar-refractivity contribution is 7.98. The Hall–Kier alpha value is -7.36. The van der Waals surface area contributed by atoms with E-state index in [-0.39, 0.29) is 0 Å². The SMILES string of the molecule is CC(SN1C2=NC(=NC3=NC(=NC4N=C(N=C5N=C1c1cc6ccccc6cc15)c1cc5ccccc5cc14)c1cc4ccccc4cc13)c1cc3ccccc3cc12)C1CCCCC1. The largest absolute Gasteiger partial charge is 0.250 e. The summed E-state index contributed by atoms with van der Waals surface area (Å²) < 4.78 is 2.32. The minimum atomic E-state index is -0.584. The van der Waals surface area contributed by atoms with Crippen LogP contribution in [0.15, 0.2) is 181 Å². The van der Waals surface area contributed by atoms with E-state index < -0.39 is 6.17 Å². The summed E-state index contributed by atoms with van der Waals surface area (Å²) in [6.45, 7) is 2.39. The van der Waals surface area contributed by atoms with Crippen LogP contribution in [-0.2, 0) is 0 Å². The lowest BCUT2D eigenvalue weighted by molar-refractivity contribution is 0.356. The van der Waals surface area contributed by atoms with Gasteiger partial charge in [0.15, 0.2) is 47.0 Å². The minimum Gasteiger partial charge on any atom is -0.250 e. The molecule has 2 atom stereocenters. The molecule has 8 aromatic carbocycles. The standard InChI is InChI=1S/C56H40N8S/c1-31(32-13-3-2-4-14-32)65-64-55-47-29-39-21-11-9-19-37(39)27-45(47)53(62-55)60-51-43-25-35-17-7-5-15-33(35)23-41(43)49(58-51)57-50-42-24-34-16-6-8-18-36(34)26-44(42)52(59-50)61-54-46-28-38-20-10-12-22-40(38)30-48(46)56(64)63-54/h5-12,15-32,49H,2-4,13-14H2,1H3. The maximum atomic E-state index is 5.61. The monoisotopic (exact) mass is 856 g/mol. The van der Waals surface area contributed by atoms with Gasteiger partial charge in [-0.1, -0.05) is 123 Å². The highest BCUT2D eigenvalue weighted by atomic mass is 32.2. The molecule has 6 aliphatic rings. The van der Waals surface area contributed by atoms with Crippen LogP contribution in [0.3, 0.4) is 0 Å². The van der Waals surface area contributed by atoms with Crippen LogP contribution < -0.4 is 0 Å². The fourth-order valence-electron chi connectivity index (χ4n) is 10.6. The maximum absolute atomic E-state index is 5.61. The molecule has 8 aromatic rings. The molecule has 0 aromatic heterocycles. The van der Waals surface area contributed by atoms with Gasteiger partial charge >= 0.3 is 0 Å². The van der Waals surface area contributed by atoms with E-state index in [4.69, 9.17) is 34.9 Å². The van der Waals surface area contributed by atoms with Crippen molar-refractivity contribution in [2.24, 2.45) is 40.9 Å². The summed E-state index contributed by atoms with van der Waals surface area (Å²) in [5, 5.41) is 9.30. The summed E-state index contributed by atoms with van der Waals surface area (Å²) in [6.07, 6.45) is 5.68. The lowest BCUT2D eigenvalue weighted by Crippen LogP contribution is -2.34. The Morgan fingerprint density at radius 2 is 0.769 bits per heavy atom. The van der Waals surface area contributed by atoms with Gasteiger partial charge in [-0.15, -0.1) is 0 Å². The van der Waals surface area contributed by atoms with Crippen LogP contribution in [0, 0.1) is 5.92 Å². The van der Waals surface area contributed by atoms with Crippen LogP contribution in [0.2, 0.25) is 0 Å². The van der Waals surface area contributed by atoms with E-state index in [2.05, 4.69) is 157 Å². The number of nitrogens with zero attached hydrogens (tertiary/aromatic N) is 8. The van der Waals surface area contributed by atoms with Crippen LogP contribution in [0.5, 0.6) is 0 Å². The number of fused-ring (bicyclic) bond motifs is 20. The highest BCUT2D eigenvalue weighted by Gasteiger charge is 2.39. The summed E-state index contributed by atoms with van der Waals surface area (Å²) >= 11 is 1.84. The Labute approximate surface area is 379 Å². The fourth-order valence-corrected chi connectivity index (χ4v) is 11.9. The topological polar surface area (TPSA) is 89.8 Å². The van der Waals surface area contributed by atoms with Crippen molar-refractivity contribution >= 4 is 95.9 Å². The number of aliphatic imine (C=N–C) groups is 7. The Kier molecular flexibility index (Phi) is 8.17. The molecule has 1 saturated carbocycles. The summed E-state index contributed by atoms with van der Waals surface area (Å²) in [5.41, 5.74) is 7.75. The first kappa shape index (κ1) is 37.1. The second-order valence-electron chi connectivity index (χ2n) is 18.0. The summed E-state index contributed by atoms with van der Waals surface area (Å²) in [6, 6.07) is 51.9. The Morgan fingerprint density at radius 3 is 1.25 bits per heavy atom. The van der Waals surface area contributed by atoms with Crippen molar-refractivity contribution < 1.29 is 0 Å². The number of amidine groups is 7. The predicted molar refractivity (Wildman–Crippen MR) is 270 cm³/mol. The third-order valence-electron chi connectivity index (χ3n) is 14.1. The molecule has 5 aliphatic heterocycles. The van der Waals surface area contributed by atoms with Gasteiger partial charge in [0, 0.05) is 49.8 Å². The quantitative estimate of drug-likeness (QED) is 0.166. The first-order valence-electron chi connectivity index (χ1n) is 22.8. The molecule has 9 heteroatoms. The van der Waals surface area contributed by atoms with Crippen LogP contribution in [0.25, 0.3) is 43.1 Å². The normalized spacial score (nSPS) is 18.9. The molecule has 310 valence electrons. The molecule has 1 aliphatic carbocycles. The Balaban J connectivity index is 1.07. The van der Waals surface area contributed by atoms with Crippen molar-refractivity contribution in [3.05, 3.63) is 190 Å². The van der Waals surface area contributed by atoms with E-state index in [1.165, 1.54) is 32.1 Å². The van der Waals surface area contributed by atoms with Gasteiger partial charge in [0.05, 0.1) is 0 Å². The van der Waals surface area contributed by atoms with Crippen molar-refractivity contribution in [2.75, 3.05) is 0 Å². The van der Waals surface area contributed by atoms with Gasteiger partial charge in [0.2, 0.25) is 0 Å². The third-order valence-corrected chi connectivity index (χ3v) is 15.3. The molecular weight excluding hydrogens is 817 g/mol. The van der Waals surface area contributed by atoms with E-state index >= 15 is 0 Å². The first-order valence-corrected chi connectivity index (χ1v) is 23.6.